The molecule has 1 aliphatic rings. The molecule has 0 N–H and O–H groups in total. The van der Waals surface area contributed by atoms with Crippen molar-refractivity contribution in [2.75, 3.05) is 0 Å². The van der Waals surface area contributed by atoms with Crippen LogP contribution >= 0.6 is 11.3 Å². The van der Waals surface area contributed by atoms with E-state index in [9.17, 15) is 0 Å². The van der Waals surface area contributed by atoms with Gasteiger partial charge in [-0.2, -0.15) is 0 Å². The molecule has 1 aromatic carbocycles. The van der Waals surface area contributed by atoms with E-state index in [1.165, 1.54) is 28.8 Å². The minimum absolute atomic E-state index is 0.694. The fourth-order valence-corrected chi connectivity index (χ4v) is 3.99. The molecule has 4 heteroatoms. The number of aromatic nitrogens is 2. The normalized spacial score (nSPS) is 13.7. The molecule has 0 unspecified atom stereocenters. The molecule has 0 spiro atoms. The van der Waals surface area contributed by atoms with Crippen LogP contribution in [-0.4, -0.2) is 9.97 Å². The van der Waals surface area contributed by atoms with E-state index in [1.54, 1.807) is 17.7 Å². The van der Waals surface area contributed by atoms with E-state index in [2.05, 4.69) is 23.0 Å². The fourth-order valence-electron chi connectivity index (χ4n) is 2.77. The summed E-state index contributed by atoms with van der Waals surface area (Å²) in [5, 5.41) is 1.12. The summed E-state index contributed by atoms with van der Waals surface area (Å²) in [6.45, 7) is 2.06. The number of hydrogen-bond acceptors (Lipinski definition) is 4. The van der Waals surface area contributed by atoms with Crippen molar-refractivity contribution in [3.8, 4) is 11.6 Å². The molecule has 0 radical (unpaired) electrons. The lowest BCUT2D eigenvalue weighted by molar-refractivity contribution is 0.467. The van der Waals surface area contributed by atoms with Gasteiger partial charge in [-0.1, -0.05) is 12.1 Å². The van der Waals surface area contributed by atoms with Gasteiger partial charge >= 0.3 is 0 Å². The zero-order chi connectivity index (χ0) is 13.5. The third-order valence-electron chi connectivity index (χ3n) is 3.67. The Morgan fingerprint density at radius 2 is 2.15 bits per heavy atom. The second-order valence-electron chi connectivity index (χ2n) is 5.13. The van der Waals surface area contributed by atoms with Crippen LogP contribution < -0.4 is 4.74 Å². The number of ether oxygens (including phenoxy) is 1. The van der Waals surface area contributed by atoms with Crippen molar-refractivity contribution in [1.82, 2.24) is 9.97 Å². The van der Waals surface area contributed by atoms with Crippen LogP contribution in [0.3, 0.4) is 0 Å². The van der Waals surface area contributed by atoms with Crippen molar-refractivity contribution < 1.29 is 4.74 Å². The van der Waals surface area contributed by atoms with Crippen LogP contribution in [0.4, 0.5) is 0 Å². The standard InChI is InChI=1S/C16H14N2OS/c1-10-4-2-5-11(8-10)19-15-14-12-6-3-7-13(12)20-16(14)18-9-17-15/h2,4-5,8-9H,3,6-7H2,1H3. The Kier molecular flexibility index (Phi) is 2.70. The molecule has 2 aromatic heterocycles. The Morgan fingerprint density at radius 1 is 1.20 bits per heavy atom. The molecular weight excluding hydrogens is 268 g/mol. The summed E-state index contributed by atoms with van der Waals surface area (Å²) in [7, 11) is 0. The highest BCUT2D eigenvalue weighted by atomic mass is 32.1. The molecule has 0 saturated heterocycles. The molecule has 0 atom stereocenters. The minimum atomic E-state index is 0.694. The largest absolute Gasteiger partial charge is 0.438 e. The molecule has 20 heavy (non-hydrogen) atoms. The quantitative estimate of drug-likeness (QED) is 0.703. The lowest BCUT2D eigenvalue weighted by Crippen LogP contribution is -1.91. The van der Waals surface area contributed by atoms with E-state index >= 15 is 0 Å². The van der Waals surface area contributed by atoms with E-state index in [0.29, 0.717) is 5.88 Å². The minimum Gasteiger partial charge on any atom is -0.438 e. The Hall–Kier alpha value is -1.94. The highest BCUT2D eigenvalue weighted by molar-refractivity contribution is 7.18. The van der Waals surface area contributed by atoms with Crippen molar-refractivity contribution in [3.05, 3.63) is 46.6 Å². The summed E-state index contributed by atoms with van der Waals surface area (Å²) in [6.07, 6.45) is 5.11. The lowest BCUT2D eigenvalue weighted by atomic mass is 10.2. The van der Waals surface area contributed by atoms with Crippen molar-refractivity contribution in [2.24, 2.45) is 0 Å². The van der Waals surface area contributed by atoms with Crippen molar-refractivity contribution in [2.45, 2.75) is 26.2 Å². The van der Waals surface area contributed by atoms with E-state index in [-0.39, 0.29) is 0 Å². The topological polar surface area (TPSA) is 35.0 Å². The van der Waals surface area contributed by atoms with Gasteiger partial charge in [0, 0.05) is 4.88 Å². The third-order valence-corrected chi connectivity index (χ3v) is 4.87. The van der Waals surface area contributed by atoms with Crippen LogP contribution in [0.1, 0.15) is 22.4 Å². The zero-order valence-corrected chi connectivity index (χ0v) is 12.0. The Bertz CT molecular complexity index is 794. The van der Waals surface area contributed by atoms with Gasteiger partial charge in [0.2, 0.25) is 5.88 Å². The smallest absolute Gasteiger partial charge is 0.231 e. The first-order chi connectivity index (χ1) is 9.81. The highest BCUT2D eigenvalue weighted by Crippen LogP contribution is 2.40. The summed E-state index contributed by atoms with van der Waals surface area (Å²) in [5.74, 6) is 1.53. The van der Waals surface area contributed by atoms with Crippen molar-refractivity contribution >= 4 is 21.6 Å². The number of thiophene rings is 1. The highest BCUT2D eigenvalue weighted by Gasteiger charge is 2.22. The van der Waals surface area contributed by atoms with Gasteiger partial charge in [-0.15, -0.1) is 11.3 Å². The van der Waals surface area contributed by atoms with E-state index in [0.717, 1.165) is 22.4 Å². The van der Waals surface area contributed by atoms with Crippen LogP contribution in [0.2, 0.25) is 0 Å². The van der Waals surface area contributed by atoms with Gasteiger partial charge in [-0.05, 0) is 49.4 Å². The van der Waals surface area contributed by atoms with Crippen molar-refractivity contribution in [1.29, 1.82) is 0 Å². The molecule has 0 saturated carbocycles. The van der Waals surface area contributed by atoms with E-state index in [1.807, 2.05) is 18.2 Å². The SMILES string of the molecule is Cc1cccc(Oc2ncnc3sc4c(c23)CCC4)c1. The fraction of sp³-hybridized carbons (Fsp3) is 0.250. The average Bonchev–Trinajstić information content (AvgIpc) is 2.99. The molecule has 0 bridgehead atoms. The first kappa shape index (κ1) is 11.9. The molecule has 0 fully saturated rings. The van der Waals surface area contributed by atoms with Gasteiger partial charge in [-0.25, -0.2) is 9.97 Å². The predicted octanol–water partition coefficient (Wildman–Crippen LogP) is 4.28. The van der Waals surface area contributed by atoms with Gasteiger partial charge in [-0.3, -0.25) is 0 Å². The Labute approximate surface area is 121 Å². The van der Waals surface area contributed by atoms with Crippen LogP contribution in [0.15, 0.2) is 30.6 Å². The Balaban J connectivity index is 1.83. The maximum Gasteiger partial charge on any atom is 0.231 e. The predicted molar refractivity (Wildman–Crippen MR) is 80.7 cm³/mol. The van der Waals surface area contributed by atoms with E-state index in [4.69, 9.17) is 4.74 Å². The first-order valence-corrected chi connectivity index (χ1v) is 7.63. The van der Waals surface area contributed by atoms with Gasteiger partial charge < -0.3 is 4.74 Å². The molecule has 2 heterocycles. The van der Waals surface area contributed by atoms with Crippen LogP contribution in [-0.2, 0) is 12.8 Å². The molecule has 3 nitrogen and oxygen atoms in total. The third kappa shape index (κ3) is 1.88. The number of nitrogens with zero attached hydrogens (tertiary/aromatic N) is 2. The summed E-state index contributed by atoms with van der Waals surface area (Å²) in [6, 6.07) is 8.06. The van der Waals surface area contributed by atoms with Gasteiger partial charge in [0.1, 0.15) is 16.9 Å². The molecule has 100 valence electrons. The average molecular weight is 282 g/mol. The monoisotopic (exact) mass is 282 g/mol. The van der Waals surface area contributed by atoms with E-state index < -0.39 is 0 Å². The van der Waals surface area contributed by atoms with Gasteiger partial charge in [0.25, 0.3) is 0 Å². The summed E-state index contributed by atoms with van der Waals surface area (Å²) in [5.41, 5.74) is 2.58. The zero-order valence-electron chi connectivity index (χ0n) is 11.2. The van der Waals surface area contributed by atoms with Crippen LogP contribution in [0, 0.1) is 6.92 Å². The maximum atomic E-state index is 6.01. The molecule has 0 amide bonds. The molecule has 4 rings (SSSR count). The Morgan fingerprint density at radius 3 is 3.05 bits per heavy atom. The first-order valence-electron chi connectivity index (χ1n) is 6.81. The van der Waals surface area contributed by atoms with Gasteiger partial charge in [0.05, 0.1) is 5.39 Å². The number of aryl methyl sites for hydroxylation is 3. The van der Waals surface area contributed by atoms with Crippen LogP contribution in [0.25, 0.3) is 10.2 Å². The second kappa shape index (κ2) is 4.56. The molecule has 1 aliphatic carbocycles. The van der Waals surface area contributed by atoms with Gasteiger partial charge in [0.15, 0.2) is 0 Å². The second-order valence-corrected chi connectivity index (χ2v) is 6.22. The molecule has 0 aliphatic heterocycles. The maximum absolute atomic E-state index is 6.01. The number of fused-ring (bicyclic) bond motifs is 3. The molecular formula is C16H14N2OS. The number of rotatable bonds is 2. The summed E-state index contributed by atoms with van der Waals surface area (Å²) in [4.78, 5) is 11.2. The molecule has 3 aromatic rings. The lowest BCUT2D eigenvalue weighted by Gasteiger charge is -2.07. The van der Waals surface area contributed by atoms with Crippen LogP contribution in [0.5, 0.6) is 11.6 Å². The van der Waals surface area contributed by atoms with Crippen molar-refractivity contribution in [3.63, 3.8) is 0 Å². The summed E-state index contributed by atoms with van der Waals surface area (Å²) < 4.78 is 6.01. The summed E-state index contributed by atoms with van der Waals surface area (Å²) >= 11 is 1.78. The number of benzene rings is 1. The number of hydrogen-bond donors (Lipinski definition) is 0.